The Morgan fingerprint density at radius 2 is 2.05 bits per heavy atom. The summed E-state index contributed by atoms with van der Waals surface area (Å²) in [6, 6.07) is 13.8. The predicted molar refractivity (Wildman–Crippen MR) is 86.1 cm³/mol. The van der Waals surface area contributed by atoms with E-state index in [1.807, 2.05) is 6.07 Å². The van der Waals surface area contributed by atoms with Crippen LogP contribution < -0.4 is 10.8 Å². The van der Waals surface area contributed by atoms with Crippen LogP contribution in [0.1, 0.15) is 21.3 Å². The topological polar surface area (TPSA) is 61.4 Å². The monoisotopic (exact) mass is 318 g/mol. The number of hydroxylamine groups is 1. The van der Waals surface area contributed by atoms with E-state index in [2.05, 4.69) is 35.8 Å². The SMILES string of the molecule is CSc1ccc(C2Nc3ccc(C(=O)NO)cc3S2)cc1. The second-order valence-electron chi connectivity index (χ2n) is 4.57. The van der Waals surface area contributed by atoms with Crippen molar-refractivity contribution in [3.63, 3.8) is 0 Å². The maximum atomic E-state index is 11.4. The molecule has 1 aliphatic rings. The minimum Gasteiger partial charge on any atom is -0.368 e. The summed E-state index contributed by atoms with van der Waals surface area (Å²) in [7, 11) is 0. The molecule has 3 rings (SSSR count). The lowest BCUT2D eigenvalue weighted by atomic mass is 10.2. The molecule has 108 valence electrons. The Kier molecular flexibility index (Phi) is 4.10. The van der Waals surface area contributed by atoms with Crippen LogP contribution in [0.3, 0.4) is 0 Å². The van der Waals surface area contributed by atoms with Crippen molar-refractivity contribution >= 4 is 35.1 Å². The van der Waals surface area contributed by atoms with Gasteiger partial charge in [0.1, 0.15) is 5.37 Å². The Morgan fingerprint density at radius 1 is 1.29 bits per heavy atom. The smallest absolute Gasteiger partial charge is 0.274 e. The summed E-state index contributed by atoms with van der Waals surface area (Å²) >= 11 is 3.38. The van der Waals surface area contributed by atoms with Crippen LogP contribution in [0.15, 0.2) is 52.3 Å². The number of anilines is 1. The van der Waals surface area contributed by atoms with E-state index in [0.717, 1.165) is 10.6 Å². The highest BCUT2D eigenvalue weighted by molar-refractivity contribution is 8.00. The second kappa shape index (κ2) is 6.01. The maximum Gasteiger partial charge on any atom is 0.274 e. The van der Waals surface area contributed by atoms with Crippen molar-refractivity contribution < 1.29 is 10.0 Å². The first-order chi connectivity index (χ1) is 10.2. The van der Waals surface area contributed by atoms with Crippen LogP contribution in [0.2, 0.25) is 0 Å². The Labute approximate surface area is 131 Å². The van der Waals surface area contributed by atoms with Gasteiger partial charge in [-0.25, -0.2) is 5.48 Å². The number of nitrogens with one attached hydrogen (secondary N) is 2. The molecule has 3 N–H and O–H groups in total. The minimum atomic E-state index is -0.494. The van der Waals surface area contributed by atoms with Crippen LogP contribution in [0.5, 0.6) is 0 Å². The van der Waals surface area contributed by atoms with E-state index in [1.54, 1.807) is 41.1 Å². The zero-order valence-corrected chi connectivity index (χ0v) is 12.9. The number of carbonyl (C=O) groups excluding carboxylic acids is 1. The van der Waals surface area contributed by atoms with Crippen molar-refractivity contribution in [3.8, 4) is 0 Å². The van der Waals surface area contributed by atoms with E-state index in [4.69, 9.17) is 5.21 Å². The number of hydrogen-bond acceptors (Lipinski definition) is 5. The molecular weight excluding hydrogens is 304 g/mol. The molecule has 0 fully saturated rings. The molecule has 1 heterocycles. The second-order valence-corrected chi connectivity index (χ2v) is 6.59. The van der Waals surface area contributed by atoms with Crippen molar-refractivity contribution in [2.24, 2.45) is 0 Å². The molecule has 0 radical (unpaired) electrons. The van der Waals surface area contributed by atoms with Crippen LogP contribution in [0.25, 0.3) is 0 Å². The molecule has 6 heteroatoms. The number of amides is 1. The molecule has 0 aliphatic carbocycles. The molecule has 2 aromatic carbocycles. The lowest BCUT2D eigenvalue weighted by Gasteiger charge is -2.11. The Balaban J connectivity index is 1.81. The minimum absolute atomic E-state index is 0.142. The summed E-state index contributed by atoms with van der Waals surface area (Å²) in [6.45, 7) is 0. The van der Waals surface area contributed by atoms with Gasteiger partial charge in [0.05, 0.1) is 0 Å². The van der Waals surface area contributed by atoms with Crippen LogP contribution in [0, 0.1) is 0 Å². The zero-order valence-electron chi connectivity index (χ0n) is 11.3. The van der Waals surface area contributed by atoms with Gasteiger partial charge < -0.3 is 5.32 Å². The van der Waals surface area contributed by atoms with E-state index in [9.17, 15) is 4.79 Å². The third kappa shape index (κ3) is 2.88. The molecule has 0 saturated heterocycles. The van der Waals surface area contributed by atoms with E-state index in [0.29, 0.717) is 5.56 Å². The van der Waals surface area contributed by atoms with E-state index in [1.165, 1.54) is 10.5 Å². The first-order valence-electron chi connectivity index (χ1n) is 6.37. The van der Waals surface area contributed by atoms with E-state index < -0.39 is 5.91 Å². The summed E-state index contributed by atoms with van der Waals surface area (Å²) in [5.74, 6) is -0.494. The largest absolute Gasteiger partial charge is 0.368 e. The molecule has 2 aromatic rings. The molecule has 1 amide bonds. The number of benzene rings is 2. The van der Waals surface area contributed by atoms with Gasteiger partial charge in [-0.15, -0.1) is 11.8 Å². The van der Waals surface area contributed by atoms with Crippen LogP contribution in [-0.4, -0.2) is 17.4 Å². The number of carbonyl (C=O) groups is 1. The number of fused-ring (bicyclic) bond motifs is 1. The standard InChI is InChI=1S/C15H14N2O2S2/c1-20-11-5-2-9(3-6-11)15-16-12-7-4-10(14(18)17-19)8-13(12)21-15/h2-8,15-16,19H,1H3,(H,17,18). The van der Waals surface area contributed by atoms with E-state index in [-0.39, 0.29) is 5.37 Å². The number of thioether (sulfide) groups is 2. The van der Waals surface area contributed by atoms with Crippen molar-refractivity contribution in [1.82, 2.24) is 5.48 Å². The fourth-order valence-corrected chi connectivity index (χ4v) is 3.76. The molecule has 1 atom stereocenters. The highest BCUT2D eigenvalue weighted by atomic mass is 32.2. The van der Waals surface area contributed by atoms with Crippen molar-refractivity contribution in [2.75, 3.05) is 11.6 Å². The fraction of sp³-hybridized carbons (Fsp3) is 0.133. The van der Waals surface area contributed by atoms with Gasteiger partial charge in [-0.3, -0.25) is 10.0 Å². The third-order valence-electron chi connectivity index (χ3n) is 3.30. The van der Waals surface area contributed by atoms with Gasteiger partial charge in [-0.1, -0.05) is 23.9 Å². The highest BCUT2D eigenvalue weighted by Gasteiger charge is 2.23. The normalized spacial score (nSPS) is 16.2. The zero-order chi connectivity index (χ0) is 14.8. The summed E-state index contributed by atoms with van der Waals surface area (Å²) < 4.78 is 0. The Hall–Kier alpha value is -1.63. The number of rotatable bonds is 3. The highest BCUT2D eigenvalue weighted by Crippen LogP contribution is 2.46. The number of hydrogen-bond donors (Lipinski definition) is 3. The lowest BCUT2D eigenvalue weighted by Crippen LogP contribution is -2.18. The molecule has 0 bridgehead atoms. The van der Waals surface area contributed by atoms with Gasteiger partial charge >= 0.3 is 0 Å². The molecule has 1 aliphatic heterocycles. The first kappa shape index (κ1) is 14.3. The van der Waals surface area contributed by atoms with Crippen LogP contribution in [0.4, 0.5) is 5.69 Å². The molecule has 0 spiro atoms. The average molecular weight is 318 g/mol. The molecule has 0 aromatic heterocycles. The van der Waals surface area contributed by atoms with Crippen molar-refractivity contribution in [3.05, 3.63) is 53.6 Å². The predicted octanol–water partition coefficient (Wildman–Crippen LogP) is 3.74. The molecular formula is C15H14N2O2S2. The first-order valence-corrected chi connectivity index (χ1v) is 8.47. The van der Waals surface area contributed by atoms with E-state index >= 15 is 0 Å². The van der Waals surface area contributed by atoms with Gasteiger partial charge in [0.2, 0.25) is 0 Å². The Bertz CT molecular complexity index is 674. The fourth-order valence-electron chi connectivity index (χ4n) is 2.17. The lowest BCUT2D eigenvalue weighted by molar-refractivity contribution is 0.0706. The van der Waals surface area contributed by atoms with Crippen molar-refractivity contribution in [1.29, 1.82) is 0 Å². The molecule has 21 heavy (non-hydrogen) atoms. The summed E-state index contributed by atoms with van der Waals surface area (Å²) in [4.78, 5) is 13.7. The summed E-state index contributed by atoms with van der Waals surface area (Å²) in [6.07, 6.45) is 2.06. The maximum absolute atomic E-state index is 11.4. The van der Waals surface area contributed by atoms with Gasteiger partial charge in [0.15, 0.2) is 0 Å². The van der Waals surface area contributed by atoms with Gasteiger partial charge in [-0.2, -0.15) is 0 Å². The van der Waals surface area contributed by atoms with Gasteiger partial charge in [0.25, 0.3) is 5.91 Å². The third-order valence-corrected chi connectivity index (χ3v) is 5.26. The molecule has 4 nitrogen and oxygen atoms in total. The van der Waals surface area contributed by atoms with Crippen LogP contribution in [-0.2, 0) is 0 Å². The Morgan fingerprint density at radius 3 is 2.71 bits per heavy atom. The van der Waals surface area contributed by atoms with Gasteiger partial charge in [-0.05, 0) is 42.2 Å². The summed E-state index contributed by atoms with van der Waals surface area (Å²) in [5, 5.41) is 12.3. The quantitative estimate of drug-likeness (QED) is 0.457. The van der Waals surface area contributed by atoms with Gasteiger partial charge in [0, 0.05) is 21.0 Å². The summed E-state index contributed by atoms with van der Waals surface area (Å²) in [5.41, 5.74) is 4.31. The molecule has 0 saturated carbocycles. The van der Waals surface area contributed by atoms with Crippen molar-refractivity contribution in [2.45, 2.75) is 15.2 Å². The van der Waals surface area contributed by atoms with Crippen LogP contribution >= 0.6 is 23.5 Å². The average Bonchev–Trinajstić information content (AvgIpc) is 2.97. The molecule has 1 unspecified atom stereocenters.